The van der Waals surface area contributed by atoms with Crippen LogP contribution in [0.15, 0.2) is 35.9 Å². The molecule has 1 aromatic carbocycles. The molecule has 1 aromatic rings. The molecule has 2 heteroatoms. The lowest BCUT2D eigenvalue weighted by Gasteiger charge is -2.58. The zero-order valence-electron chi connectivity index (χ0n) is 22.2. The molecule has 0 amide bonds. The van der Waals surface area contributed by atoms with Crippen molar-refractivity contribution >= 4 is 0 Å². The Bertz CT molecular complexity index is 889. The molecule has 0 radical (unpaired) electrons. The number of allylic oxidation sites excluding steroid dienone is 2. The number of fused-ring (bicyclic) bond motifs is 5. The zero-order chi connectivity index (χ0) is 23.9. The first-order chi connectivity index (χ1) is 16.4. The van der Waals surface area contributed by atoms with Crippen molar-refractivity contribution in [2.75, 3.05) is 7.11 Å². The Kier molecular flexibility index (Phi) is 6.92. The number of para-hydroxylation sites is 1. The first-order valence-corrected chi connectivity index (χ1v) is 14.4. The Hall–Kier alpha value is -1.28. The quantitative estimate of drug-likeness (QED) is 0.410. The summed E-state index contributed by atoms with van der Waals surface area (Å²) in [4.78, 5) is 0. The fourth-order valence-corrected chi connectivity index (χ4v) is 9.61. The van der Waals surface area contributed by atoms with E-state index >= 15 is 0 Å². The Morgan fingerprint density at radius 1 is 1.03 bits per heavy atom. The lowest BCUT2D eigenvalue weighted by molar-refractivity contribution is -0.0501. The van der Waals surface area contributed by atoms with E-state index in [1.54, 1.807) is 7.11 Å². The monoisotopic (exact) mass is 464 g/mol. The summed E-state index contributed by atoms with van der Waals surface area (Å²) in [5, 5.41) is 10.8. The second-order valence-corrected chi connectivity index (χ2v) is 12.9. The highest BCUT2D eigenvalue weighted by atomic mass is 16.5. The van der Waals surface area contributed by atoms with Gasteiger partial charge in [-0.3, -0.25) is 0 Å². The maximum absolute atomic E-state index is 10.8. The number of aliphatic hydroxyl groups is 1. The molecule has 0 spiro atoms. The van der Waals surface area contributed by atoms with Crippen LogP contribution in [-0.2, 0) is 0 Å². The second kappa shape index (κ2) is 9.64. The van der Waals surface area contributed by atoms with E-state index in [1.165, 1.54) is 64.2 Å². The van der Waals surface area contributed by atoms with Crippen LogP contribution >= 0.6 is 0 Å². The number of hydrogen-bond acceptors (Lipinski definition) is 2. The first kappa shape index (κ1) is 24.4. The Labute approximate surface area is 208 Å². The molecular formula is C32H48O2. The van der Waals surface area contributed by atoms with E-state index in [2.05, 4.69) is 26.8 Å². The highest BCUT2D eigenvalue weighted by Crippen LogP contribution is 2.67. The highest BCUT2D eigenvalue weighted by molar-refractivity contribution is 5.34. The van der Waals surface area contributed by atoms with Gasteiger partial charge in [0.15, 0.2) is 0 Å². The molecule has 34 heavy (non-hydrogen) atoms. The third kappa shape index (κ3) is 4.06. The molecule has 188 valence electrons. The average Bonchev–Trinajstić information content (AvgIpc) is 3.20. The molecular weight excluding hydrogens is 416 g/mol. The minimum absolute atomic E-state index is 0.426. The molecule has 5 rings (SSSR count). The van der Waals surface area contributed by atoms with Gasteiger partial charge in [0.05, 0.1) is 13.2 Å². The van der Waals surface area contributed by atoms with Crippen LogP contribution in [0.5, 0.6) is 5.75 Å². The lowest BCUT2D eigenvalue weighted by Crippen LogP contribution is -2.50. The molecule has 0 heterocycles. The third-order valence-electron chi connectivity index (χ3n) is 11.4. The number of methoxy groups -OCH3 is 1. The summed E-state index contributed by atoms with van der Waals surface area (Å²) in [6.45, 7) is 7.83. The van der Waals surface area contributed by atoms with Crippen LogP contribution in [0.1, 0.15) is 109 Å². The molecule has 0 saturated heterocycles. The first-order valence-electron chi connectivity index (χ1n) is 14.4. The van der Waals surface area contributed by atoms with Crippen molar-refractivity contribution in [3.05, 3.63) is 41.5 Å². The van der Waals surface area contributed by atoms with Gasteiger partial charge in [0.2, 0.25) is 0 Å². The predicted octanol–water partition coefficient (Wildman–Crippen LogP) is 8.50. The topological polar surface area (TPSA) is 29.5 Å². The van der Waals surface area contributed by atoms with E-state index in [1.807, 2.05) is 29.8 Å². The van der Waals surface area contributed by atoms with Crippen LogP contribution < -0.4 is 4.74 Å². The number of ether oxygens (including phenoxy) is 1. The molecule has 1 unspecified atom stereocenters. The van der Waals surface area contributed by atoms with Gasteiger partial charge < -0.3 is 9.84 Å². The van der Waals surface area contributed by atoms with Crippen LogP contribution in [0.3, 0.4) is 0 Å². The van der Waals surface area contributed by atoms with E-state index in [0.29, 0.717) is 10.8 Å². The molecule has 2 nitrogen and oxygen atoms in total. The van der Waals surface area contributed by atoms with E-state index in [0.717, 1.165) is 53.7 Å². The number of rotatable bonds is 7. The number of benzene rings is 1. The summed E-state index contributed by atoms with van der Waals surface area (Å²) < 4.78 is 5.47. The van der Waals surface area contributed by atoms with Gasteiger partial charge >= 0.3 is 0 Å². The molecule has 3 saturated carbocycles. The lowest BCUT2D eigenvalue weighted by atomic mass is 9.47. The largest absolute Gasteiger partial charge is 0.496 e. The van der Waals surface area contributed by atoms with Gasteiger partial charge in [-0.2, -0.15) is 0 Å². The number of hydrogen-bond donors (Lipinski definition) is 1. The van der Waals surface area contributed by atoms with Gasteiger partial charge in [-0.15, -0.1) is 0 Å². The molecule has 0 aliphatic heterocycles. The Balaban J connectivity index is 1.21. The fraction of sp³-hybridized carbons (Fsp3) is 0.750. The molecule has 1 N–H and O–H groups in total. The van der Waals surface area contributed by atoms with Gasteiger partial charge in [-0.25, -0.2) is 0 Å². The van der Waals surface area contributed by atoms with Gasteiger partial charge in [-0.1, -0.05) is 69.9 Å². The normalized spacial score (nSPS) is 38.8. The van der Waals surface area contributed by atoms with Crippen LogP contribution in [0, 0.1) is 40.4 Å². The Morgan fingerprint density at radius 3 is 2.68 bits per heavy atom. The van der Waals surface area contributed by atoms with Crippen molar-refractivity contribution in [3.8, 4) is 5.75 Å². The van der Waals surface area contributed by atoms with Crippen LogP contribution in [-0.4, -0.2) is 12.2 Å². The SMILES string of the molecule is COc1ccccc1C(O)CCC[C@@H](C)[C@H]1CC[C@H]2[C@@H]3CC=C4CCCC[C@]4(C)[C@H]3CC[C@]12C. The standard InChI is InChI=1S/C32H48O2/c1-22(10-9-13-29(33)25-12-5-6-14-30(25)34-4)26-17-18-27-24-16-15-23-11-7-8-20-31(23,2)28(24)19-21-32(26,27)3/h5-6,12,14-15,22,24,26-29,33H,7-11,13,16-21H2,1-4H3/t22-,24+,26-,27+,28+,29?,31+,32-/m1/s1. The second-order valence-electron chi connectivity index (χ2n) is 12.9. The van der Waals surface area contributed by atoms with E-state index < -0.39 is 6.10 Å². The van der Waals surface area contributed by atoms with Crippen LogP contribution in [0.25, 0.3) is 0 Å². The maximum Gasteiger partial charge on any atom is 0.124 e. The van der Waals surface area contributed by atoms with Crippen molar-refractivity contribution in [1.82, 2.24) is 0 Å². The van der Waals surface area contributed by atoms with Gasteiger partial charge in [0.1, 0.15) is 5.75 Å². The van der Waals surface area contributed by atoms with Gasteiger partial charge in [-0.05, 0) is 104 Å². The molecule has 8 atom stereocenters. The van der Waals surface area contributed by atoms with E-state index in [4.69, 9.17) is 4.74 Å². The predicted molar refractivity (Wildman–Crippen MR) is 141 cm³/mol. The van der Waals surface area contributed by atoms with Gasteiger partial charge in [0.25, 0.3) is 0 Å². The molecule has 0 aromatic heterocycles. The summed E-state index contributed by atoms with van der Waals surface area (Å²) >= 11 is 0. The van der Waals surface area contributed by atoms with Crippen molar-refractivity contribution < 1.29 is 9.84 Å². The summed E-state index contributed by atoms with van der Waals surface area (Å²) in [6.07, 6.45) is 18.3. The van der Waals surface area contributed by atoms with Crippen molar-refractivity contribution in [1.29, 1.82) is 0 Å². The maximum atomic E-state index is 10.8. The summed E-state index contributed by atoms with van der Waals surface area (Å²) in [7, 11) is 1.69. The molecule has 4 aliphatic rings. The van der Waals surface area contributed by atoms with E-state index in [9.17, 15) is 5.11 Å². The van der Waals surface area contributed by atoms with Crippen molar-refractivity contribution in [2.45, 2.75) is 104 Å². The van der Waals surface area contributed by atoms with Gasteiger partial charge in [0, 0.05) is 5.56 Å². The highest BCUT2D eigenvalue weighted by Gasteiger charge is 2.58. The fourth-order valence-electron chi connectivity index (χ4n) is 9.61. The summed E-state index contributed by atoms with van der Waals surface area (Å²) in [5.41, 5.74) is 3.81. The molecule has 3 fully saturated rings. The van der Waals surface area contributed by atoms with Crippen molar-refractivity contribution in [3.63, 3.8) is 0 Å². The molecule has 4 aliphatic carbocycles. The average molecular weight is 465 g/mol. The molecule has 0 bridgehead atoms. The summed E-state index contributed by atoms with van der Waals surface area (Å²) in [6, 6.07) is 7.93. The van der Waals surface area contributed by atoms with Crippen molar-refractivity contribution in [2.24, 2.45) is 40.4 Å². The third-order valence-corrected chi connectivity index (χ3v) is 11.4. The number of aliphatic hydroxyl groups excluding tert-OH is 1. The minimum Gasteiger partial charge on any atom is -0.496 e. The van der Waals surface area contributed by atoms with E-state index in [-0.39, 0.29) is 0 Å². The summed E-state index contributed by atoms with van der Waals surface area (Å²) in [5.74, 6) is 5.20. The minimum atomic E-state index is -0.426. The zero-order valence-corrected chi connectivity index (χ0v) is 22.2. The smallest absolute Gasteiger partial charge is 0.124 e. The van der Waals surface area contributed by atoms with Crippen LogP contribution in [0.2, 0.25) is 0 Å². The Morgan fingerprint density at radius 2 is 1.85 bits per heavy atom. The van der Waals surface area contributed by atoms with Crippen LogP contribution in [0.4, 0.5) is 0 Å².